The van der Waals surface area contributed by atoms with Gasteiger partial charge in [-0.1, -0.05) is 120 Å². The molecule has 0 amide bonds. The number of halogens is 1. The van der Waals surface area contributed by atoms with Crippen molar-refractivity contribution in [2.75, 3.05) is 4.90 Å². The van der Waals surface area contributed by atoms with Crippen LogP contribution in [0.25, 0.3) is 27.5 Å². The van der Waals surface area contributed by atoms with Crippen LogP contribution in [0, 0.1) is 0 Å². The van der Waals surface area contributed by atoms with Gasteiger partial charge in [0.1, 0.15) is 0 Å². The Hall–Kier alpha value is -4.01. The molecule has 0 aliphatic rings. The molecule has 0 unspecified atom stereocenters. The second-order valence-electron chi connectivity index (χ2n) is 12.9. The minimum Gasteiger partial charge on any atom is -0.309 e. The summed E-state index contributed by atoms with van der Waals surface area (Å²) in [7, 11) is 0. The van der Waals surface area contributed by atoms with Crippen molar-refractivity contribution < 1.29 is 0 Å². The molecule has 0 saturated heterocycles. The van der Waals surface area contributed by atoms with E-state index in [-0.39, 0.29) is 10.8 Å². The minimum absolute atomic E-state index is 0.0752. The van der Waals surface area contributed by atoms with Crippen LogP contribution in [0.15, 0.2) is 115 Å². The van der Waals surface area contributed by atoms with Crippen molar-refractivity contribution in [1.29, 1.82) is 0 Å². The van der Waals surface area contributed by atoms with Gasteiger partial charge in [-0.15, -0.1) is 0 Å². The van der Waals surface area contributed by atoms with E-state index >= 15 is 0 Å². The highest BCUT2D eigenvalue weighted by Crippen LogP contribution is 2.44. The van der Waals surface area contributed by atoms with Crippen molar-refractivity contribution in [2.24, 2.45) is 0 Å². The Morgan fingerprint density at radius 2 is 0.951 bits per heavy atom. The summed E-state index contributed by atoms with van der Waals surface area (Å²) >= 11 is 7.44. The first-order chi connectivity index (χ1) is 19.5. The summed E-state index contributed by atoms with van der Waals surface area (Å²) in [6.45, 7) is 13.5. The smallest absolute Gasteiger partial charge is 0.0887 e. The molecule has 0 radical (unpaired) electrons. The van der Waals surface area contributed by atoms with Crippen molar-refractivity contribution in [1.82, 2.24) is 4.57 Å². The predicted molar refractivity (Wildman–Crippen MR) is 178 cm³/mol. The molecule has 6 aromatic rings. The van der Waals surface area contributed by atoms with Crippen LogP contribution in [0.5, 0.6) is 0 Å². The molecule has 41 heavy (non-hydrogen) atoms. The molecule has 3 heteroatoms. The summed E-state index contributed by atoms with van der Waals surface area (Å²) in [5, 5.41) is 3.15. The number of hydrogen-bond donors (Lipinski definition) is 0. The summed E-state index contributed by atoms with van der Waals surface area (Å²) in [5.74, 6) is 0. The molecule has 5 aromatic carbocycles. The largest absolute Gasteiger partial charge is 0.309 e. The molecule has 1 aromatic heterocycles. The molecule has 0 N–H and O–H groups in total. The Kier molecular flexibility index (Phi) is 6.71. The molecule has 6 rings (SSSR count). The van der Waals surface area contributed by atoms with E-state index in [0.717, 1.165) is 33.8 Å². The zero-order chi connectivity index (χ0) is 28.9. The summed E-state index contributed by atoms with van der Waals surface area (Å²) < 4.78 is 2.29. The van der Waals surface area contributed by atoms with E-state index in [2.05, 4.69) is 166 Å². The Morgan fingerprint density at radius 3 is 1.39 bits per heavy atom. The maximum Gasteiger partial charge on any atom is 0.0887 e. The fourth-order valence-corrected chi connectivity index (χ4v) is 5.98. The van der Waals surface area contributed by atoms with E-state index in [1.165, 1.54) is 21.9 Å². The van der Waals surface area contributed by atoms with E-state index in [1.54, 1.807) is 0 Å². The molecule has 0 saturated carbocycles. The van der Waals surface area contributed by atoms with E-state index in [1.807, 2.05) is 0 Å². The topological polar surface area (TPSA) is 8.17 Å². The van der Waals surface area contributed by atoms with Gasteiger partial charge in [-0.05, 0) is 70.5 Å². The highest BCUT2D eigenvalue weighted by Gasteiger charge is 2.22. The number of anilines is 3. The Labute approximate surface area is 248 Å². The summed E-state index contributed by atoms with van der Waals surface area (Å²) in [4.78, 5) is 2.28. The van der Waals surface area contributed by atoms with Crippen molar-refractivity contribution in [3.05, 3.63) is 131 Å². The third-order valence-corrected chi connectivity index (χ3v) is 8.39. The van der Waals surface area contributed by atoms with Crippen LogP contribution < -0.4 is 4.90 Å². The number of fused-ring (bicyclic) bond motifs is 3. The van der Waals surface area contributed by atoms with Crippen LogP contribution in [0.3, 0.4) is 0 Å². The molecular formula is C38H37ClN2. The molecule has 0 atom stereocenters. The Morgan fingerprint density at radius 1 is 0.512 bits per heavy atom. The number of para-hydroxylation sites is 2. The van der Waals surface area contributed by atoms with Gasteiger partial charge in [0.15, 0.2) is 0 Å². The van der Waals surface area contributed by atoms with Crippen molar-refractivity contribution in [3.63, 3.8) is 0 Å². The molecule has 0 aliphatic heterocycles. The summed E-state index contributed by atoms with van der Waals surface area (Å²) in [5.41, 5.74) is 9.08. The fourth-order valence-electron chi connectivity index (χ4n) is 5.68. The van der Waals surface area contributed by atoms with E-state index in [4.69, 9.17) is 11.6 Å². The molecule has 0 fully saturated rings. The van der Waals surface area contributed by atoms with Gasteiger partial charge in [-0.25, -0.2) is 0 Å². The van der Waals surface area contributed by atoms with E-state index in [9.17, 15) is 0 Å². The maximum absolute atomic E-state index is 7.44. The maximum atomic E-state index is 7.44. The zero-order valence-electron chi connectivity index (χ0n) is 24.7. The number of rotatable bonds is 4. The van der Waals surface area contributed by atoms with Crippen molar-refractivity contribution in [3.8, 4) is 5.69 Å². The molecule has 2 nitrogen and oxygen atoms in total. The van der Waals surface area contributed by atoms with Gasteiger partial charge in [0, 0.05) is 22.1 Å². The second-order valence-corrected chi connectivity index (χ2v) is 13.3. The Bertz CT molecular complexity index is 1740. The van der Waals surface area contributed by atoms with Crippen molar-refractivity contribution in [2.45, 2.75) is 52.4 Å². The fraction of sp³-hybridized carbons (Fsp3) is 0.211. The first-order valence-corrected chi connectivity index (χ1v) is 14.7. The molecule has 1 heterocycles. The standard InChI is InChI=1S/C38H37ClN2/c1-37(2,3)26-18-22-28(23-19-26)40(29-24-20-27(21-25-29)38(4,5)6)34-16-11-17-35(36(34)39)41-32-14-9-7-12-30(32)31-13-8-10-15-33(31)41/h7-25H,1-6H3. The number of aromatic nitrogens is 1. The van der Waals surface area contributed by atoms with Gasteiger partial charge >= 0.3 is 0 Å². The summed E-state index contributed by atoms with van der Waals surface area (Å²) in [6.07, 6.45) is 0. The molecular weight excluding hydrogens is 520 g/mol. The van der Waals surface area contributed by atoms with Gasteiger partial charge in [-0.2, -0.15) is 0 Å². The third-order valence-electron chi connectivity index (χ3n) is 8.00. The first-order valence-electron chi connectivity index (χ1n) is 14.3. The van der Waals surface area contributed by atoms with Crippen LogP contribution in [0.2, 0.25) is 5.02 Å². The third kappa shape index (κ3) is 4.91. The van der Waals surface area contributed by atoms with Crippen LogP contribution in [-0.2, 0) is 10.8 Å². The van der Waals surface area contributed by atoms with Gasteiger partial charge < -0.3 is 9.47 Å². The van der Waals surface area contributed by atoms with Crippen LogP contribution in [0.1, 0.15) is 52.7 Å². The lowest BCUT2D eigenvalue weighted by atomic mass is 9.86. The average molecular weight is 557 g/mol. The molecule has 206 valence electrons. The van der Waals surface area contributed by atoms with Crippen LogP contribution >= 0.6 is 11.6 Å². The lowest BCUT2D eigenvalue weighted by Gasteiger charge is -2.29. The van der Waals surface area contributed by atoms with Gasteiger partial charge in [0.2, 0.25) is 0 Å². The quantitative estimate of drug-likeness (QED) is 0.209. The van der Waals surface area contributed by atoms with E-state index in [0.29, 0.717) is 5.02 Å². The number of benzene rings is 5. The van der Waals surface area contributed by atoms with Gasteiger partial charge in [-0.3, -0.25) is 0 Å². The first kappa shape index (κ1) is 27.2. The lowest BCUT2D eigenvalue weighted by molar-refractivity contribution is 0.590. The number of hydrogen-bond acceptors (Lipinski definition) is 1. The average Bonchev–Trinajstić information content (AvgIpc) is 3.28. The molecule has 0 aliphatic carbocycles. The minimum atomic E-state index is 0.0752. The van der Waals surface area contributed by atoms with Crippen LogP contribution in [0.4, 0.5) is 17.1 Å². The Balaban J connectivity index is 1.57. The van der Waals surface area contributed by atoms with Crippen LogP contribution in [-0.4, -0.2) is 4.57 Å². The van der Waals surface area contributed by atoms with E-state index < -0.39 is 0 Å². The highest BCUT2D eigenvalue weighted by atomic mass is 35.5. The number of nitrogens with zero attached hydrogens (tertiary/aromatic N) is 2. The second kappa shape index (κ2) is 10.1. The monoisotopic (exact) mass is 556 g/mol. The highest BCUT2D eigenvalue weighted by molar-refractivity contribution is 6.35. The van der Waals surface area contributed by atoms with Crippen molar-refractivity contribution >= 4 is 50.5 Å². The SMILES string of the molecule is CC(C)(C)c1ccc(N(c2ccc(C(C)(C)C)cc2)c2cccc(-n3c4ccccc4c4ccccc43)c2Cl)cc1. The van der Waals surface area contributed by atoms with Gasteiger partial charge in [0.25, 0.3) is 0 Å². The summed E-state index contributed by atoms with van der Waals surface area (Å²) in [6, 6.07) is 41.2. The van der Waals surface area contributed by atoms with Gasteiger partial charge in [0.05, 0.1) is 27.4 Å². The zero-order valence-corrected chi connectivity index (χ0v) is 25.5. The lowest BCUT2D eigenvalue weighted by Crippen LogP contribution is -2.15. The normalized spacial score (nSPS) is 12.3. The molecule has 0 spiro atoms. The predicted octanol–water partition coefficient (Wildman–Crippen LogP) is 11.5. The molecule has 0 bridgehead atoms.